The lowest BCUT2D eigenvalue weighted by Gasteiger charge is -2.34. The number of ether oxygens (including phenoxy) is 1. The van der Waals surface area contributed by atoms with Crippen molar-refractivity contribution in [2.75, 3.05) is 7.11 Å². The summed E-state index contributed by atoms with van der Waals surface area (Å²) in [5.74, 6) is -2.89. The van der Waals surface area contributed by atoms with Crippen molar-refractivity contribution >= 4 is 22.8 Å². The molecule has 3 rings (SSSR count). The summed E-state index contributed by atoms with van der Waals surface area (Å²) in [4.78, 5) is 27.7. The Bertz CT molecular complexity index is 824. The molecule has 0 radical (unpaired) electrons. The van der Waals surface area contributed by atoms with Crippen LogP contribution in [0.2, 0.25) is 0 Å². The molecule has 1 heterocycles. The minimum atomic E-state index is -5.08. The number of aromatic nitrogens is 1. The highest BCUT2D eigenvalue weighted by molar-refractivity contribution is 5.96. The number of para-hydroxylation sites is 1. The molecule has 0 spiro atoms. The number of methoxy groups -OCH3 is 1. The van der Waals surface area contributed by atoms with E-state index in [-0.39, 0.29) is 10.9 Å². The van der Waals surface area contributed by atoms with Crippen LogP contribution >= 0.6 is 0 Å². The molecule has 1 aromatic heterocycles. The topological polar surface area (TPSA) is 71.2 Å². The zero-order chi connectivity index (χ0) is 18.9. The van der Waals surface area contributed by atoms with E-state index >= 15 is 0 Å². The predicted molar refractivity (Wildman–Crippen MR) is 88.1 cm³/mol. The number of hydrogen-bond acceptors (Lipinski definition) is 3. The van der Waals surface area contributed by atoms with Gasteiger partial charge in [0.15, 0.2) is 0 Å². The number of fused-ring (bicyclic) bond motifs is 1. The van der Waals surface area contributed by atoms with Crippen LogP contribution in [0.4, 0.5) is 13.2 Å². The van der Waals surface area contributed by atoms with Crippen molar-refractivity contribution in [3.05, 3.63) is 36.0 Å². The van der Waals surface area contributed by atoms with E-state index in [0.717, 1.165) is 26.1 Å². The monoisotopic (exact) mass is 368 g/mol. The summed E-state index contributed by atoms with van der Waals surface area (Å²) < 4.78 is 47.2. The van der Waals surface area contributed by atoms with E-state index in [1.807, 2.05) is 5.32 Å². The van der Waals surface area contributed by atoms with Gasteiger partial charge in [-0.15, -0.1) is 0 Å². The van der Waals surface area contributed by atoms with Crippen molar-refractivity contribution in [3.8, 4) is 0 Å². The molecule has 2 aromatic rings. The lowest BCUT2D eigenvalue weighted by Crippen LogP contribution is -2.62. The standard InChI is InChI=1S/C18H19F3N2O3/c1-26-16(25)17(18(19,20)21,23-15(24)11-6-2-3-7-11)13-10-22-14-9-5-4-8-12(13)14/h4-5,8-11,22H,2-3,6-7H2,1H3,(H,23,24). The number of alkyl halides is 3. The van der Waals surface area contributed by atoms with Crippen molar-refractivity contribution < 1.29 is 27.5 Å². The molecule has 1 fully saturated rings. The molecule has 1 saturated carbocycles. The third kappa shape index (κ3) is 2.83. The molecule has 1 atom stereocenters. The molecule has 0 bridgehead atoms. The van der Waals surface area contributed by atoms with Gasteiger partial charge in [-0.2, -0.15) is 13.2 Å². The van der Waals surface area contributed by atoms with E-state index in [9.17, 15) is 22.8 Å². The van der Waals surface area contributed by atoms with Gasteiger partial charge in [0.2, 0.25) is 5.91 Å². The number of esters is 1. The van der Waals surface area contributed by atoms with Crippen molar-refractivity contribution in [2.45, 2.75) is 37.4 Å². The first kappa shape index (κ1) is 18.3. The number of benzene rings is 1. The number of carbonyl (C=O) groups is 2. The van der Waals surface area contributed by atoms with Crippen molar-refractivity contribution in [2.24, 2.45) is 5.92 Å². The Balaban J connectivity index is 2.17. The average Bonchev–Trinajstić information content (AvgIpc) is 3.27. The Hall–Kier alpha value is -2.51. The number of halogens is 3. The maximum Gasteiger partial charge on any atom is 0.426 e. The van der Waals surface area contributed by atoms with Crippen molar-refractivity contribution in [3.63, 3.8) is 0 Å². The van der Waals surface area contributed by atoms with Gasteiger partial charge in [-0.1, -0.05) is 31.0 Å². The van der Waals surface area contributed by atoms with Gasteiger partial charge in [0.25, 0.3) is 5.54 Å². The Morgan fingerprint density at radius 1 is 1.19 bits per heavy atom. The van der Waals surface area contributed by atoms with Crippen LogP contribution in [0.25, 0.3) is 10.9 Å². The van der Waals surface area contributed by atoms with E-state index in [4.69, 9.17) is 0 Å². The Kier molecular flexibility index (Phi) is 4.68. The summed E-state index contributed by atoms with van der Waals surface area (Å²) >= 11 is 0. The Labute approximate surface area is 147 Å². The van der Waals surface area contributed by atoms with Crippen LogP contribution < -0.4 is 5.32 Å². The lowest BCUT2D eigenvalue weighted by molar-refractivity contribution is -0.216. The number of rotatable bonds is 4. The smallest absolute Gasteiger partial charge is 0.426 e. The number of nitrogens with one attached hydrogen (secondary N) is 2. The second-order valence-corrected chi connectivity index (χ2v) is 6.46. The summed E-state index contributed by atoms with van der Waals surface area (Å²) in [6.07, 6.45) is -1.40. The summed E-state index contributed by atoms with van der Waals surface area (Å²) in [6, 6.07) is 6.28. The SMILES string of the molecule is COC(=O)C(NC(=O)C1CCCC1)(c1c[nH]c2ccccc12)C(F)(F)F. The van der Waals surface area contributed by atoms with Gasteiger partial charge in [-0.3, -0.25) is 4.79 Å². The van der Waals surface area contributed by atoms with Crippen LogP contribution in [0.1, 0.15) is 31.2 Å². The molecule has 1 aromatic carbocycles. The van der Waals surface area contributed by atoms with Crippen LogP contribution in [0.3, 0.4) is 0 Å². The second kappa shape index (κ2) is 6.66. The zero-order valence-corrected chi connectivity index (χ0v) is 14.2. The lowest BCUT2D eigenvalue weighted by atomic mass is 9.87. The fourth-order valence-corrected chi connectivity index (χ4v) is 3.58. The quantitative estimate of drug-likeness (QED) is 0.813. The number of H-pyrrole nitrogens is 1. The number of hydrogen-bond donors (Lipinski definition) is 2. The average molecular weight is 368 g/mol. The minimum absolute atomic E-state index is 0.196. The molecular formula is C18H19F3N2O3. The number of amides is 1. The van der Waals surface area contributed by atoms with Gasteiger partial charge < -0.3 is 15.0 Å². The maximum absolute atomic E-state index is 14.2. The molecule has 5 nitrogen and oxygen atoms in total. The van der Waals surface area contributed by atoms with Gasteiger partial charge in [0, 0.05) is 28.6 Å². The molecular weight excluding hydrogens is 349 g/mol. The van der Waals surface area contributed by atoms with E-state index < -0.39 is 29.5 Å². The first-order chi connectivity index (χ1) is 12.3. The van der Waals surface area contributed by atoms with E-state index in [0.29, 0.717) is 18.4 Å². The van der Waals surface area contributed by atoms with Gasteiger partial charge in [-0.05, 0) is 18.9 Å². The highest BCUT2D eigenvalue weighted by Gasteiger charge is 2.65. The molecule has 1 unspecified atom stereocenters. The summed E-state index contributed by atoms with van der Waals surface area (Å²) in [5, 5.41) is 2.20. The molecule has 0 aliphatic heterocycles. The van der Waals surface area contributed by atoms with E-state index in [1.165, 1.54) is 6.07 Å². The van der Waals surface area contributed by atoms with Gasteiger partial charge in [0.1, 0.15) is 0 Å². The highest BCUT2D eigenvalue weighted by atomic mass is 19.4. The van der Waals surface area contributed by atoms with Gasteiger partial charge in [-0.25, -0.2) is 4.79 Å². The van der Waals surface area contributed by atoms with Crippen molar-refractivity contribution in [1.82, 2.24) is 10.3 Å². The van der Waals surface area contributed by atoms with E-state index in [2.05, 4.69) is 9.72 Å². The molecule has 1 amide bonds. The van der Waals surface area contributed by atoms with Crippen LogP contribution in [-0.4, -0.2) is 30.1 Å². The first-order valence-corrected chi connectivity index (χ1v) is 8.35. The predicted octanol–water partition coefficient (Wildman–Crippen LogP) is 3.40. The molecule has 140 valence electrons. The first-order valence-electron chi connectivity index (χ1n) is 8.35. The third-order valence-corrected chi connectivity index (χ3v) is 4.95. The second-order valence-electron chi connectivity index (χ2n) is 6.46. The molecule has 1 aliphatic rings. The van der Waals surface area contributed by atoms with Gasteiger partial charge in [0.05, 0.1) is 7.11 Å². The molecule has 0 saturated heterocycles. The molecule has 26 heavy (non-hydrogen) atoms. The molecule has 2 N–H and O–H groups in total. The summed E-state index contributed by atoms with van der Waals surface area (Å²) in [6.45, 7) is 0. The minimum Gasteiger partial charge on any atom is -0.467 e. The summed E-state index contributed by atoms with van der Waals surface area (Å²) in [5.41, 5.74) is -3.21. The number of aromatic amines is 1. The summed E-state index contributed by atoms with van der Waals surface area (Å²) in [7, 11) is 0.874. The van der Waals surface area contributed by atoms with Crippen LogP contribution in [0.5, 0.6) is 0 Å². The Morgan fingerprint density at radius 2 is 1.85 bits per heavy atom. The largest absolute Gasteiger partial charge is 0.467 e. The van der Waals surface area contributed by atoms with E-state index in [1.54, 1.807) is 18.2 Å². The van der Waals surface area contributed by atoms with Gasteiger partial charge >= 0.3 is 12.1 Å². The fourth-order valence-electron chi connectivity index (χ4n) is 3.58. The molecule has 1 aliphatic carbocycles. The Morgan fingerprint density at radius 3 is 2.46 bits per heavy atom. The maximum atomic E-state index is 14.2. The fraction of sp³-hybridized carbons (Fsp3) is 0.444. The number of carbonyl (C=O) groups excluding carboxylic acids is 2. The van der Waals surface area contributed by atoms with Crippen LogP contribution in [0.15, 0.2) is 30.5 Å². The molecule has 8 heteroatoms. The highest BCUT2D eigenvalue weighted by Crippen LogP contribution is 2.43. The van der Waals surface area contributed by atoms with Crippen molar-refractivity contribution in [1.29, 1.82) is 0 Å². The zero-order valence-electron chi connectivity index (χ0n) is 14.2. The third-order valence-electron chi connectivity index (χ3n) is 4.95. The normalized spacial score (nSPS) is 17.8. The van der Waals surface area contributed by atoms with Crippen LogP contribution in [0, 0.1) is 5.92 Å². The van der Waals surface area contributed by atoms with Crippen LogP contribution in [-0.2, 0) is 19.9 Å².